The second-order valence-corrected chi connectivity index (χ2v) is 2.92. The van der Waals surface area contributed by atoms with Crippen molar-refractivity contribution >= 4 is 34.5 Å². The minimum atomic E-state index is -0.527. The molecular formula is C5H6IO3P. The van der Waals surface area contributed by atoms with E-state index in [0.29, 0.717) is 6.45 Å². The van der Waals surface area contributed by atoms with Crippen molar-refractivity contribution in [3.8, 4) is 11.8 Å². The number of ether oxygens (including phenoxy) is 1. The van der Waals surface area contributed by atoms with E-state index in [1.54, 1.807) is 0 Å². The van der Waals surface area contributed by atoms with Crippen LogP contribution in [-0.2, 0) is 14.1 Å². The van der Waals surface area contributed by atoms with Crippen molar-refractivity contribution in [3.05, 3.63) is 0 Å². The van der Waals surface area contributed by atoms with Crippen LogP contribution in [0.25, 0.3) is 0 Å². The molecule has 0 N–H and O–H groups in total. The molecule has 0 fully saturated rings. The van der Waals surface area contributed by atoms with Crippen molar-refractivity contribution in [2.75, 3.05) is 13.7 Å². The number of esters is 1. The predicted molar refractivity (Wildman–Crippen MR) is 48.1 cm³/mol. The lowest BCUT2D eigenvalue weighted by Gasteiger charge is -1.87. The lowest BCUT2D eigenvalue weighted by atomic mass is 10.6. The smallest absolute Gasteiger partial charge is 0.384 e. The molecular weight excluding hydrogens is 266 g/mol. The highest BCUT2D eigenvalue weighted by atomic mass is 127. The Morgan fingerprint density at radius 2 is 2.50 bits per heavy atom. The lowest BCUT2D eigenvalue weighted by molar-refractivity contribution is -0.133. The first-order chi connectivity index (χ1) is 4.81. The van der Waals surface area contributed by atoms with E-state index in [0.717, 1.165) is 0 Å². The van der Waals surface area contributed by atoms with Crippen molar-refractivity contribution in [3.63, 3.8) is 0 Å². The summed E-state index contributed by atoms with van der Waals surface area (Å²) >= 11 is 2.08. The average Bonchev–Trinajstić information content (AvgIpc) is 1.98. The standard InChI is InChI=1S/C5H6IO3P/c1-8-5(7)3-2-4-9-10-6/h10H,4H2,1H3. The minimum Gasteiger partial charge on any atom is -0.459 e. The van der Waals surface area contributed by atoms with Crippen molar-refractivity contribution in [1.82, 2.24) is 0 Å². The van der Waals surface area contributed by atoms with E-state index < -0.39 is 5.97 Å². The van der Waals surface area contributed by atoms with E-state index in [2.05, 4.69) is 38.6 Å². The summed E-state index contributed by atoms with van der Waals surface area (Å²) in [6, 6.07) is 0. The van der Waals surface area contributed by atoms with E-state index >= 15 is 0 Å². The van der Waals surface area contributed by atoms with Crippen molar-refractivity contribution in [1.29, 1.82) is 0 Å². The summed E-state index contributed by atoms with van der Waals surface area (Å²) in [5.74, 6) is 4.20. The van der Waals surface area contributed by atoms with Gasteiger partial charge in [0.1, 0.15) is 6.61 Å². The summed E-state index contributed by atoms with van der Waals surface area (Å²) in [5, 5.41) is 0. The summed E-state index contributed by atoms with van der Waals surface area (Å²) in [5.41, 5.74) is 0. The molecule has 0 aliphatic rings. The Bertz CT molecular complexity index is 160. The van der Waals surface area contributed by atoms with E-state index in [-0.39, 0.29) is 6.61 Å². The molecule has 0 saturated carbocycles. The Labute approximate surface area is 74.2 Å². The second kappa shape index (κ2) is 7.26. The molecule has 3 nitrogen and oxygen atoms in total. The van der Waals surface area contributed by atoms with Crippen LogP contribution in [0.2, 0.25) is 0 Å². The second-order valence-electron chi connectivity index (χ2n) is 1.16. The third kappa shape index (κ3) is 6.27. The summed E-state index contributed by atoms with van der Waals surface area (Å²) < 4.78 is 9.12. The molecule has 0 aliphatic heterocycles. The van der Waals surface area contributed by atoms with Crippen LogP contribution in [0.4, 0.5) is 0 Å². The first-order valence-corrected chi connectivity index (χ1v) is 6.37. The number of rotatable bonds is 2. The Kier molecular flexibility index (Phi) is 7.37. The van der Waals surface area contributed by atoms with Gasteiger partial charge in [-0.3, -0.25) is 0 Å². The molecule has 10 heavy (non-hydrogen) atoms. The van der Waals surface area contributed by atoms with Gasteiger partial charge < -0.3 is 9.26 Å². The Morgan fingerprint density at radius 3 is 3.00 bits per heavy atom. The predicted octanol–water partition coefficient (Wildman–Crippen LogP) is 1.12. The Balaban J connectivity index is 3.39. The normalized spacial score (nSPS) is 9.00. The average molecular weight is 272 g/mol. The third-order valence-electron chi connectivity index (χ3n) is 0.575. The van der Waals surface area contributed by atoms with Crippen LogP contribution in [0.3, 0.4) is 0 Å². The first kappa shape index (κ1) is 10.2. The summed E-state index contributed by atoms with van der Waals surface area (Å²) in [4.78, 5) is 10.3. The molecule has 0 rings (SSSR count). The van der Waals surface area contributed by atoms with Gasteiger partial charge in [-0.2, -0.15) is 0 Å². The number of halogens is 1. The van der Waals surface area contributed by atoms with Crippen LogP contribution >= 0.6 is 28.5 Å². The lowest BCUT2D eigenvalue weighted by Crippen LogP contribution is -1.94. The maximum absolute atomic E-state index is 10.3. The van der Waals surface area contributed by atoms with Crippen molar-refractivity contribution in [2.45, 2.75) is 0 Å². The molecule has 0 saturated heterocycles. The highest BCUT2D eigenvalue weighted by Gasteiger charge is 1.87. The molecule has 56 valence electrons. The van der Waals surface area contributed by atoms with Crippen LogP contribution < -0.4 is 0 Å². The van der Waals surface area contributed by atoms with Gasteiger partial charge in [0.2, 0.25) is 0 Å². The fourth-order valence-corrected chi connectivity index (χ4v) is 0.816. The summed E-state index contributed by atoms with van der Waals surface area (Å²) in [7, 11) is 1.29. The first-order valence-electron chi connectivity index (χ1n) is 2.35. The zero-order chi connectivity index (χ0) is 7.82. The van der Waals surface area contributed by atoms with E-state index in [9.17, 15) is 4.79 Å². The third-order valence-corrected chi connectivity index (χ3v) is 1.76. The van der Waals surface area contributed by atoms with E-state index in [4.69, 9.17) is 4.52 Å². The van der Waals surface area contributed by atoms with Crippen LogP contribution in [0.1, 0.15) is 0 Å². The number of hydrogen-bond acceptors (Lipinski definition) is 3. The molecule has 0 radical (unpaired) electrons. The number of carbonyl (C=O) groups is 1. The fraction of sp³-hybridized carbons (Fsp3) is 0.400. The van der Waals surface area contributed by atoms with Gasteiger partial charge in [-0.1, -0.05) is 5.92 Å². The van der Waals surface area contributed by atoms with Gasteiger partial charge >= 0.3 is 5.97 Å². The van der Waals surface area contributed by atoms with E-state index in [1.165, 1.54) is 7.11 Å². The zero-order valence-electron chi connectivity index (χ0n) is 5.31. The Morgan fingerprint density at radius 1 is 1.80 bits per heavy atom. The van der Waals surface area contributed by atoms with Gasteiger partial charge in [-0.05, 0) is 22.0 Å². The quantitative estimate of drug-likeness (QED) is 0.189. The molecule has 0 bridgehead atoms. The fourth-order valence-electron chi connectivity index (χ4n) is 0.223. The van der Waals surface area contributed by atoms with Gasteiger partial charge in [0, 0.05) is 5.92 Å². The highest BCUT2D eigenvalue weighted by Crippen LogP contribution is 2.20. The van der Waals surface area contributed by atoms with E-state index in [1.807, 2.05) is 0 Å². The maximum Gasteiger partial charge on any atom is 0.384 e. The zero-order valence-corrected chi connectivity index (χ0v) is 8.47. The Hall–Kier alpha value is 0.150. The number of hydrogen-bond donors (Lipinski definition) is 0. The monoisotopic (exact) mass is 272 g/mol. The number of carbonyl (C=O) groups excluding carboxylic acids is 1. The molecule has 0 heterocycles. The molecule has 1 atom stereocenters. The van der Waals surface area contributed by atoms with Crippen LogP contribution in [0.5, 0.6) is 0 Å². The molecule has 1 unspecified atom stereocenters. The molecule has 0 amide bonds. The van der Waals surface area contributed by atoms with Gasteiger partial charge in [-0.15, -0.1) is 0 Å². The van der Waals surface area contributed by atoms with Crippen molar-refractivity contribution < 1.29 is 14.1 Å². The van der Waals surface area contributed by atoms with Crippen LogP contribution in [0, 0.1) is 11.8 Å². The molecule has 0 aromatic rings. The van der Waals surface area contributed by atoms with Crippen LogP contribution in [-0.4, -0.2) is 19.7 Å². The van der Waals surface area contributed by atoms with Gasteiger partial charge in [0.15, 0.2) is 0 Å². The van der Waals surface area contributed by atoms with Gasteiger partial charge in [-0.25, -0.2) is 4.79 Å². The molecule has 0 aliphatic carbocycles. The summed E-state index contributed by atoms with van der Waals surface area (Å²) in [6.45, 7) is 0.665. The highest BCUT2D eigenvalue weighted by molar-refractivity contribution is 14.2. The molecule has 0 spiro atoms. The topological polar surface area (TPSA) is 35.5 Å². The SMILES string of the molecule is COC(=O)C#CCOPI. The largest absolute Gasteiger partial charge is 0.459 e. The summed E-state index contributed by atoms with van der Waals surface area (Å²) in [6.07, 6.45) is 0. The molecule has 0 aromatic heterocycles. The van der Waals surface area contributed by atoms with Gasteiger partial charge in [0.25, 0.3) is 0 Å². The maximum atomic E-state index is 10.3. The van der Waals surface area contributed by atoms with Gasteiger partial charge in [0.05, 0.1) is 13.6 Å². The molecule has 0 aromatic carbocycles. The molecule has 5 heteroatoms. The minimum absolute atomic E-state index is 0.288. The van der Waals surface area contributed by atoms with Crippen LogP contribution in [0.15, 0.2) is 0 Å². The number of methoxy groups -OCH3 is 1. The van der Waals surface area contributed by atoms with Crippen molar-refractivity contribution in [2.24, 2.45) is 0 Å².